The monoisotopic (exact) mass is 389 g/mol. The molecule has 2 N–H and O–H groups in total. The van der Waals surface area contributed by atoms with Crippen LogP contribution in [0.3, 0.4) is 0 Å². The summed E-state index contributed by atoms with van der Waals surface area (Å²) in [6.45, 7) is 2.60. The molecule has 2 aromatic carbocycles. The summed E-state index contributed by atoms with van der Waals surface area (Å²) < 4.78 is 15.4. The van der Waals surface area contributed by atoms with Crippen LogP contribution in [0.15, 0.2) is 78.0 Å². The molecule has 0 aliphatic carbocycles. The second-order valence-electron chi connectivity index (χ2n) is 6.93. The van der Waals surface area contributed by atoms with E-state index in [0.717, 1.165) is 28.9 Å². The Morgan fingerprint density at radius 3 is 2.50 bits per heavy atom. The molecule has 0 fully saturated rings. The molecule has 0 saturated carbocycles. The summed E-state index contributed by atoms with van der Waals surface area (Å²) in [6.07, 6.45) is 5.81. The van der Waals surface area contributed by atoms with Crippen molar-refractivity contribution in [1.29, 1.82) is 0 Å². The lowest BCUT2D eigenvalue weighted by Gasteiger charge is -2.07. The topological polar surface area (TPSA) is 57.8 Å². The molecule has 0 amide bonds. The Labute approximate surface area is 167 Å². The Balaban J connectivity index is 1.32. The molecule has 0 spiro atoms. The van der Waals surface area contributed by atoms with Gasteiger partial charge in [-0.25, -0.2) is 13.9 Å². The third-order valence-corrected chi connectivity index (χ3v) is 5.99. The predicted octanol–water partition coefficient (Wildman–Crippen LogP) is 4.47. The van der Waals surface area contributed by atoms with Gasteiger partial charge in [-0.15, -0.1) is 0 Å². The summed E-state index contributed by atoms with van der Waals surface area (Å²) in [5.41, 5.74) is 5.82. The molecular formula is C23H23N3OS. The smallest absolute Gasteiger partial charge is 0.137 e. The lowest BCUT2D eigenvalue weighted by Crippen LogP contribution is -2.16. The van der Waals surface area contributed by atoms with E-state index in [4.69, 9.17) is 0 Å². The van der Waals surface area contributed by atoms with Crippen LogP contribution in [0, 0.1) is 6.92 Å². The van der Waals surface area contributed by atoms with Crippen molar-refractivity contribution in [2.45, 2.75) is 31.2 Å². The highest BCUT2D eigenvalue weighted by atomic mass is 32.2. The first-order valence-corrected chi connectivity index (χ1v) is 10.5. The fourth-order valence-corrected chi connectivity index (χ4v) is 4.06. The average molecular weight is 390 g/mol. The number of aromatic nitrogens is 2. The molecule has 4 rings (SSSR count). The molecule has 5 heteroatoms. The van der Waals surface area contributed by atoms with Gasteiger partial charge in [-0.1, -0.05) is 42.0 Å². The molecule has 0 saturated heterocycles. The first-order valence-electron chi connectivity index (χ1n) is 9.40. The van der Waals surface area contributed by atoms with Gasteiger partial charge in [-0.3, -0.25) is 0 Å². The molecule has 142 valence electrons. The van der Waals surface area contributed by atoms with Crippen molar-refractivity contribution in [1.82, 2.24) is 14.7 Å². The fraction of sp³-hybridized carbons (Fsp3) is 0.174. The number of benzene rings is 2. The van der Waals surface area contributed by atoms with Crippen molar-refractivity contribution in [3.8, 4) is 0 Å². The molecule has 2 heterocycles. The summed E-state index contributed by atoms with van der Waals surface area (Å²) in [5, 5.41) is 1.20. The Morgan fingerprint density at radius 2 is 1.71 bits per heavy atom. The highest BCUT2D eigenvalue weighted by molar-refractivity contribution is 7.83. The Hall–Kier alpha value is -2.76. The molecule has 4 nitrogen and oxygen atoms in total. The average Bonchev–Trinajstić information content (AvgIpc) is 3.15. The standard InChI is InChI=1S/C23H23N3OS/c1-17-4-12-21(13-5-17)28(27)26-15-19-8-6-18(7-9-19)10-11-20-16-25-23-22(20)3-2-14-24-23/h2-9,12-14,16,26H,10-11,15H2,1H3,(H,24,25). The number of hydrogen-bond donors (Lipinski definition) is 2. The molecule has 0 aliphatic rings. The Kier molecular flexibility index (Phi) is 5.65. The van der Waals surface area contributed by atoms with Crippen molar-refractivity contribution in [2.24, 2.45) is 0 Å². The molecule has 4 aromatic rings. The van der Waals surface area contributed by atoms with E-state index in [1.54, 1.807) is 6.20 Å². The molecule has 0 aliphatic heterocycles. The van der Waals surface area contributed by atoms with E-state index < -0.39 is 11.0 Å². The second kappa shape index (κ2) is 8.50. The summed E-state index contributed by atoms with van der Waals surface area (Å²) >= 11 is 0. The van der Waals surface area contributed by atoms with Crippen LogP contribution in [0.1, 0.15) is 22.3 Å². The number of nitrogens with one attached hydrogen (secondary N) is 2. The van der Waals surface area contributed by atoms with Crippen LogP contribution < -0.4 is 4.72 Å². The molecule has 2 aromatic heterocycles. The van der Waals surface area contributed by atoms with Gasteiger partial charge >= 0.3 is 0 Å². The highest BCUT2D eigenvalue weighted by Gasteiger charge is 2.06. The van der Waals surface area contributed by atoms with Crippen LogP contribution in [0.25, 0.3) is 11.0 Å². The molecular weight excluding hydrogens is 366 g/mol. The molecule has 0 radical (unpaired) electrons. The van der Waals surface area contributed by atoms with E-state index in [2.05, 4.69) is 51.2 Å². The van der Waals surface area contributed by atoms with Crippen LogP contribution in [-0.2, 0) is 30.4 Å². The van der Waals surface area contributed by atoms with Crippen molar-refractivity contribution in [3.63, 3.8) is 0 Å². The predicted molar refractivity (Wildman–Crippen MR) is 114 cm³/mol. The largest absolute Gasteiger partial charge is 0.346 e. The molecule has 0 bridgehead atoms. The van der Waals surface area contributed by atoms with Crippen LogP contribution in [0.4, 0.5) is 0 Å². The van der Waals surface area contributed by atoms with E-state index in [1.807, 2.05) is 37.3 Å². The van der Waals surface area contributed by atoms with Crippen LogP contribution in [0.2, 0.25) is 0 Å². The van der Waals surface area contributed by atoms with Crippen LogP contribution in [-0.4, -0.2) is 14.2 Å². The number of aromatic amines is 1. The first kappa shape index (κ1) is 18.6. The van der Waals surface area contributed by atoms with Crippen LogP contribution >= 0.6 is 0 Å². The molecule has 28 heavy (non-hydrogen) atoms. The van der Waals surface area contributed by atoms with Crippen molar-refractivity contribution < 1.29 is 4.21 Å². The van der Waals surface area contributed by atoms with Gasteiger partial charge in [-0.2, -0.15) is 0 Å². The van der Waals surface area contributed by atoms with Crippen molar-refractivity contribution >= 4 is 22.0 Å². The number of fused-ring (bicyclic) bond motifs is 1. The summed E-state index contributed by atoms with van der Waals surface area (Å²) in [7, 11) is -1.19. The Bertz CT molecular complexity index is 1090. The van der Waals surface area contributed by atoms with Gasteiger partial charge in [0.05, 0.1) is 4.90 Å². The third kappa shape index (κ3) is 4.38. The van der Waals surface area contributed by atoms with Gasteiger partial charge in [0.15, 0.2) is 0 Å². The number of rotatable bonds is 7. The minimum absolute atomic E-state index is 0.578. The van der Waals surface area contributed by atoms with Gasteiger partial charge < -0.3 is 4.98 Å². The minimum Gasteiger partial charge on any atom is -0.346 e. The summed E-state index contributed by atoms with van der Waals surface area (Å²) in [4.78, 5) is 8.37. The zero-order valence-electron chi connectivity index (χ0n) is 15.8. The van der Waals surface area contributed by atoms with E-state index >= 15 is 0 Å². The third-order valence-electron chi connectivity index (χ3n) is 4.89. The van der Waals surface area contributed by atoms with E-state index in [0.29, 0.717) is 6.54 Å². The fourth-order valence-electron chi connectivity index (χ4n) is 3.22. The summed E-state index contributed by atoms with van der Waals surface area (Å²) in [5.74, 6) is 0. The second-order valence-corrected chi connectivity index (χ2v) is 8.23. The van der Waals surface area contributed by atoms with E-state index in [-0.39, 0.29) is 0 Å². The highest BCUT2D eigenvalue weighted by Crippen LogP contribution is 2.18. The SMILES string of the molecule is Cc1ccc(S(=O)NCc2ccc(CCc3c[nH]c4ncccc34)cc2)cc1. The number of hydrogen-bond acceptors (Lipinski definition) is 2. The first-order chi connectivity index (χ1) is 13.7. The number of H-pyrrole nitrogens is 1. The number of pyridine rings is 1. The zero-order chi connectivity index (χ0) is 19.3. The zero-order valence-corrected chi connectivity index (χ0v) is 16.6. The van der Waals surface area contributed by atoms with Gasteiger partial charge in [0.2, 0.25) is 0 Å². The van der Waals surface area contributed by atoms with E-state index in [1.165, 1.54) is 22.1 Å². The maximum Gasteiger partial charge on any atom is 0.137 e. The number of nitrogens with zero attached hydrogens (tertiary/aromatic N) is 1. The van der Waals surface area contributed by atoms with Gasteiger partial charge in [0, 0.05) is 24.3 Å². The minimum atomic E-state index is -1.19. The van der Waals surface area contributed by atoms with Crippen LogP contribution in [0.5, 0.6) is 0 Å². The molecule has 1 atom stereocenters. The maximum atomic E-state index is 12.3. The van der Waals surface area contributed by atoms with Gasteiger partial charge in [0.25, 0.3) is 0 Å². The van der Waals surface area contributed by atoms with E-state index in [9.17, 15) is 4.21 Å². The Morgan fingerprint density at radius 1 is 0.964 bits per heavy atom. The van der Waals surface area contributed by atoms with Crippen molar-refractivity contribution in [3.05, 3.63) is 95.3 Å². The lowest BCUT2D eigenvalue weighted by atomic mass is 10.0. The van der Waals surface area contributed by atoms with Gasteiger partial charge in [-0.05, 0) is 60.7 Å². The van der Waals surface area contributed by atoms with Crippen molar-refractivity contribution in [2.75, 3.05) is 0 Å². The summed E-state index contributed by atoms with van der Waals surface area (Å²) in [6, 6.07) is 20.4. The normalized spacial score (nSPS) is 12.3. The quantitative estimate of drug-likeness (QED) is 0.490. The lowest BCUT2D eigenvalue weighted by molar-refractivity contribution is 0.672. The molecule has 1 unspecified atom stereocenters. The van der Waals surface area contributed by atoms with Gasteiger partial charge in [0.1, 0.15) is 16.6 Å². The number of aryl methyl sites for hydroxylation is 3. The maximum absolute atomic E-state index is 12.3.